The maximum Gasteiger partial charge on any atom is 0.171 e. The standard InChI is InChI=1S/C24H28N2O3S/c1-6-28-21-12-18(23-22(17(5)27)16(4)25-24(30)26-23)9-10-20(21)29-13-19-11-14(2)7-8-15(19)3/h7-12,23H,6,13H2,1-5H3,(H2,25,26,30). The van der Waals surface area contributed by atoms with Crippen LogP contribution in [0.2, 0.25) is 0 Å². The molecule has 2 aromatic carbocycles. The second-order valence-electron chi connectivity index (χ2n) is 7.48. The minimum Gasteiger partial charge on any atom is -0.490 e. The predicted octanol–water partition coefficient (Wildman–Crippen LogP) is 4.66. The lowest BCUT2D eigenvalue weighted by Crippen LogP contribution is -2.44. The largest absolute Gasteiger partial charge is 0.490 e. The third kappa shape index (κ3) is 4.82. The normalized spacial score (nSPS) is 16.0. The van der Waals surface area contributed by atoms with Gasteiger partial charge in [-0.1, -0.05) is 29.8 Å². The van der Waals surface area contributed by atoms with E-state index in [4.69, 9.17) is 21.7 Å². The molecule has 1 aliphatic rings. The van der Waals surface area contributed by atoms with E-state index in [2.05, 4.69) is 42.7 Å². The number of ether oxygens (including phenoxy) is 2. The molecular weight excluding hydrogens is 396 g/mol. The molecule has 0 bridgehead atoms. The molecule has 0 aromatic heterocycles. The minimum absolute atomic E-state index is 0.00629. The lowest BCUT2D eigenvalue weighted by molar-refractivity contribution is -0.114. The van der Waals surface area contributed by atoms with Gasteiger partial charge in [-0.15, -0.1) is 0 Å². The van der Waals surface area contributed by atoms with Crippen molar-refractivity contribution in [2.45, 2.75) is 47.3 Å². The highest BCUT2D eigenvalue weighted by molar-refractivity contribution is 7.80. The fourth-order valence-corrected chi connectivity index (χ4v) is 3.88. The predicted molar refractivity (Wildman–Crippen MR) is 123 cm³/mol. The molecule has 3 rings (SSSR count). The quantitative estimate of drug-likeness (QED) is 0.631. The van der Waals surface area contributed by atoms with Gasteiger partial charge in [0.15, 0.2) is 22.4 Å². The van der Waals surface area contributed by atoms with Crippen LogP contribution < -0.4 is 20.1 Å². The molecule has 0 aliphatic carbocycles. The van der Waals surface area contributed by atoms with Crippen LogP contribution in [0.5, 0.6) is 11.5 Å². The number of benzene rings is 2. The number of allylic oxidation sites excluding steroid dienone is 1. The highest BCUT2D eigenvalue weighted by Crippen LogP contribution is 2.35. The van der Waals surface area contributed by atoms with Gasteiger partial charge >= 0.3 is 0 Å². The van der Waals surface area contributed by atoms with Crippen LogP contribution >= 0.6 is 12.2 Å². The molecule has 2 N–H and O–H groups in total. The number of hydrogen-bond donors (Lipinski definition) is 2. The van der Waals surface area contributed by atoms with E-state index in [0.717, 1.165) is 16.8 Å². The average Bonchev–Trinajstić information content (AvgIpc) is 2.68. The summed E-state index contributed by atoms with van der Waals surface area (Å²) in [5, 5.41) is 6.73. The molecule has 2 aromatic rings. The molecule has 5 nitrogen and oxygen atoms in total. The van der Waals surface area contributed by atoms with E-state index >= 15 is 0 Å². The van der Waals surface area contributed by atoms with Gasteiger partial charge in [0.2, 0.25) is 0 Å². The molecule has 1 unspecified atom stereocenters. The molecule has 0 spiro atoms. The first-order chi connectivity index (χ1) is 14.3. The van der Waals surface area contributed by atoms with Crippen LogP contribution in [0.15, 0.2) is 47.7 Å². The number of thiocarbonyl (C=S) groups is 1. The molecule has 6 heteroatoms. The van der Waals surface area contributed by atoms with Crippen LogP contribution in [0.4, 0.5) is 0 Å². The SMILES string of the molecule is CCOc1cc(C2NC(=S)NC(C)=C2C(C)=O)ccc1OCc1cc(C)ccc1C. The van der Waals surface area contributed by atoms with Crippen molar-refractivity contribution < 1.29 is 14.3 Å². The van der Waals surface area contributed by atoms with E-state index < -0.39 is 0 Å². The Balaban J connectivity index is 1.91. The summed E-state index contributed by atoms with van der Waals surface area (Å²) in [6, 6.07) is 11.8. The van der Waals surface area contributed by atoms with Crippen LogP contribution in [0.1, 0.15) is 49.1 Å². The van der Waals surface area contributed by atoms with E-state index in [1.54, 1.807) is 6.92 Å². The Bertz CT molecular complexity index is 1010. The van der Waals surface area contributed by atoms with E-state index in [1.165, 1.54) is 11.1 Å². The Kier molecular flexibility index (Phi) is 6.77. The topological polar surface area (TPSA) is 59.6 Å². The van der Waals surface area contributed by atoms with Crippen LogP contribution in [-0.2, 0) is 11.4 Å². The first-order valence-electron chi connectivity index (χ1n) is 10.0. The van der Waals surface area contributed by atoms with Crippen molar-refractivity contribution in [3.63, 3.8) is 0 Å². The summed E-state index contributed by atoms with van der Waals surface area (Å²) in [5.41, 5.74) is 5.86. The maximum atomic E-state index is 12.3. The monoisotopic (exact) mass is 424 g/mol. The minimum atomic E-state index is -0.330. The lowest BCUT2D eigenvalue weighted by atomic mass is 9.93. The van der Waals surface area contributed by atoms with Crippen LogP contribution in [0.25, 0.3) is 0 Å². The van der Waals surface area contributed by atoms with Gasteiger partial charge in [0, 0.05) is 11.3 Å². The maximum absolute atomic E-state index is 12.3. The Morgan fingerprint density at radius 2 is 1.83 bits per heavy atom. The fourth-order valence-electron chi connectivity index (χ4n) is 3.61. The number of nitrogens with one attached hydrogen (secondary N) is 2. The zero-order valence-electron chi connectivity index (χ0n) is 18.1. The molecule has 0 saturated heterocycles. The number of hydrogen-bond acceptors (Lipinski definition) is 4. The molecule has 0 fully saturated rings. The van der Waals surface area contributed by atoms with Gasteiger partial charge in [-0.05, 0) is 75.7 Å². The number of carbonyl (C=O) groups excluding carboxylic acids is 1. The molecular formula is C24H28N2O3S. The van der Waals surface area contributed by atoms with Crippen LogP contribution in [0, 0.1) is 13.8 Å². The summed E-state index contributed by atoms with van der Waals surface area (Å²) in [4.78, 5) is 12.3. The van der Waals surface area contributed by atoms with E-state index in [0.29, 0.717) is 35.4 Å². The molecule has 0 amide bonds. The van der Waals surface area contributed by atoms with Gasteiger partial charge < -0.3 is 20.1 Å². The van der Waals surface area contributed by atoms with Gasteiger partial charge in [0.25, 0.3) is 0 Å². The Morgan fingerprint density at radius 1 is 1.07 bits per heavy atom. The summed E-state index contributed by atoms with van der Waals surface area (Å²) in [6.45, 7) is 10.5. The van der Waals surface area contributed by atoms with Crippen LogP contribution in [-0.4, -0.2) is 17.5 Å². The van der Waals surface area contributed by atoms with E-state index in [-0.39, 0.29) is 11.8 Å². The number of ketones is 1. The summed E-state index contributed by atoms with van der Waals surface area (Å²) in [6.07, 6.45) is 0. The summed E-state index contributed by atoms with van der Waals surface area (Å²) in [5.74, 6) is 1.31. The van der Waals surface area contributed by atoms with Crippen molar-refractivity contribution in [1.82, 2.24) is 10.6 Å². The van der Waals surface area contributed by atoms with Gasteiger partial charge in [-0.2, -0.15) is 0 Å². The third-order valence-electron chi connectivity index (χ3n) is 5.14. The molecule has 30 heavy (non-hydrogen) atoms. The molecule has 0 saturated carbocycles. The Labute approximate surface area is 183 Å². The fraction of sp³-hybridized carbons (Fsp3) is 0.333. The van der Waals surface area contributed by atoms with Gasteiger partial charge in [-0.25, -0.2) is 0 Å². The summed E-state index contributed by atoms with van der Waals surface area (Å²) in [7, 11) is 0. The van der Waals surface area contributed by atoms with Crippen molar-refractivity contribution >= 4 is 23.1 Å². The molecule has 0 radical (unpaired) electrons. The zero-order chi connectivity index (χ0) is 21.8. The lowest BCUT2D eigenvalue weighted by Gasteiger charge is -2.30. The molecule has 1 atom stereocenters. The summed E-state index contributed by atoms with van der Waals surface area (Å²) < 4.78 is 12.0. The van der Waals surface area contributed by atoms with E-state index in [1.807, 2.05) is 32.0 Å². The van der Waals surface area contributed by atoms with Crippen molar-refractivity contribution in [2.75, 3.05) is 6.61 Å². The van der Waals surface area contributed by atoms with Gasteiger partial charge in [0.1, 0.15) is 6.61 Å². The Hall–Kier alpha value is -2.86. The van der Waals surface area contributed by atoms with Crippen LogP contribution in [0.3, 0.4) is 0 Å². The molecule has 1 aliphatic heterocycles. The molecule has 1 heterocycles. The van der Waals surface area contributed by atoms with Crippen molar-refractivity contribution in [2.24, 2.45) is 0 Å². The number of aryl methyl sites for hydroxylation is 2. The third-order valence-corrected chi connectivity index (χ3v) is 5.36. The van der Waals surface area contributed by atoms with Crippen molar-refractivity contribution in [1.29, 1.82) is 0 Å². The highest BCUT2D eigenvalue weighted by Gasteiger charge is 2.28. The first kappa shape index (κ1) is 21.8. The van der Waals surface area contributed by atoms with Crippen molar-refractivity contribution in [3.05, 3.63) is 69.9 Å². The molecule has 158 valence electrons. The van der Waals surface area contributed by atoms with Crippen molar-refractivity contribution in [3.8, 4) is 11.5 Å². The number of carbonyl (C=O) groups is 1. The number of rotatable bonds is 7. The van der Waals surface area contributed by atoms with Gasteiger partial charge in [0.05, 0.1) is 12.6 Å². The first-order valence-corrected chi connectivity index (χ1v) is 10.5. The zero-order valence-corrected chi connectivity index (χ0v) is 18.9. The highest BCUT2D eigenvalue weighted by atomic mass is 32.1. The van der Waals surface area contributed by atoms with E-state index in [9.17, 15) is 4.79 Å². The summed E-state index contributed by atoms with van der Waals surface area (Å²) >= 11 is 5.30. The number of Topliss-reactive ketones (excluding diaryl/α,β-unsaturated/α-hetero) is 1. The average molecular weight is 425 g/mol. The second kappa shape index (κ2) is 9.30. The second-order valence-corrected chi connectivity index (χ2v) is 7.89. The smallest absolute Gasteiger partial charge is 0.171 e. The van der Waals surface area contributed by atoms with Gasteiger partial charge in [-0.3, -0.25) is 4.79 Å². The Morgan fingerprint density at radius 3 is 2.53 bits per heavy atom.